The number of benzene rings is 1. The van der Waals surface area contributed by atoms with E-state index in [4.69, 9.17) is 0 Å². The molecule has 9 heteroatoms. The zero-order chi connectivity index (χ0) is 24.6. The van der Waals surface area contributed by atoms with Crippen LogP contribution in [0.25, 0.3) is 5.69 Å². The highest BCUT2D eigenvalue weighted by Gasteiger charge is 2.22. The first kappa shape index (κ1) is 24.9. The third-order valence-electron chi connectivity index (χ3n) is 6.32. The molecule has 1 aliphatic heterocycles. The van der Waals surface area contributed by atoms with Crippen molar-refractivity contribution in [3.8, 4) is 5.69 Å². The number of pyridine rings is 1. The van der Waals surface area contributed by atoms with Gasteiger partial charge in [-0.1, -0.05) is 44.2 Å². The summed E-state index contributed by atoms with van der Waals surface area (Å²) in [5, 5.41) is 12.3. The average molecular weight is 493 g/mol. The van der Waals surface area contributed by atoms with Crippen LogP contribution in [0.4, 0.5) is 5.69 Å². The quantitative estimate of drug-likeness (QED) is 0.431. The summed E-state index contributed by atoms with van der Waals surface area (Å²) < 4.78 is 1.89. The molecule has 1 aliphatic rings. The molecule has 1 N–H and O–H groups in total. The first-order valence-corrected chi connectivity index (χ1v) is 13.2. The number of aromatic nitrogens is 4. The minimum atomic E-state index is -0.115. The van der Waals surface area contributed by atoms with Crippen LogP contribution >= 0.6 is 11.8 Å². The van der Waals surface area contributed by atoms with Crippen LogP contribution in [-0.2, 0) is 16.1 Å². The predicted octanol–water partition coefficient (Wildman–Crippen LogP) is 4.81. The highest BCUT2D eigenvalue weighted by molar-refractivity contribution is 7.99. The molecule has 1 fully saturated rings. The molecule has 35 heavy (non-hydrogen) atoms. The summed E-state index contributed by atoms with van der Waals surface area (Å²) in [6, 6.07) is 11.8. The zero-order valence-electron chi connectivity index (χ0n) is 20.3. The maximum Gasteiger partial charge on any atom is 0.234 e. The van der Waals surface area contributed by atoms with Crippen molar-refractivity contribution >= 4 is 29.3 Å². The molecule has 8 nitrogen and oxygen atoms in total. The van der Waals surface area contributed by atoms with E-state index in [1.807, 2.05) is 33.7 Å². The number of carbonyl (C=O) groups excluding carboxylic acids is 2. The van der Waals surface area contributed by atoms with Gasteiger partial charge in [0.25, 0.3) is 0 Å². The largest absolute Gasteiger partial charge is 0.335 e. The summed E-state index contributed by atoms with van der Waals surface area (Å²) in [7, 11) is 0. The summed E-state index contributed by atoms with van der Waals surface area (Å²) in [5.74, 6) is 1.38. The number of hydrogen-bond acceptors (Lipinski definition) is 6. The minimum Gasteiger partial charge on any atom is -0.335 e. The Morgan fingerprint density at radius 1 is 1.14 bits per heavy atom. The molecular weight excluding hydrogens is 460 g/mol. The van der Waals surface area contributed by atoms with Gasteiger partial charge >= 0.3 is 0 Å². The van der Waals surface area contributed by atoms with Gasteiger partial charge in [-0.05, 0) is 55.0 Å². The van der Waals surface area contributed by atoms with Gasteiger partial charge in [0.15, 0.2) is 11.0 Å². The molecule has 1 aromatic carbocycles. The second kappa shape index (κ2) is 12.0. The smallest absolute Gasteiger partial charge is 0.234 e. The molecular formula is C26H32N6O2S. The molecule has 3 heterocycles. The second-order valence-corrected chi connectivity index (χ2v) is 9.78. The van der Waals surface area contributed by atoms with Crippen LogP contribution < -0.4 is 5.32 Å². The summed E-state index contributed by atoms with van der Waals surface area (Å²) >= 11 is 1.31. The van der Waals surface area contributed by atoms with E-state index in [1.54, 1.807) is 12.4 Å². The molecule has 4 rings (SSSR count). The lowest BCUT2D eigenvalue weighted by Crippen LogP contribution is -2.31. The van der Waals surface area contributed by atoms with Gasteiger partial charge in [0.1, 0.15) is 0 Å². The van der Waals surface area contributed by atoms with Gasteiger partial charge in [0.2, 0.25) is 11.8 Å². The first-order valence-electron chi connectivity index (χ1n) is 12.2. The van der Waals surface area contributed by atoms with E-state index in [-0.39, 0.29) is 17.6 Å². The normalized spacial score (nSPS) is 15.0. The molecule has 2 amide bonds. The third kappa shape index (κ3) is 6.48. The van der Waals surface area contributed by atoms with E-state index in [1.165, 1.54) is 17.3 Å². The monoisotopic (exact) mass is 492 g/mol. The SMILES string of the molecule is CC[C@@H](C)c1ccc(NC(=O)CSc2nnc(CN3CCCCCC3=O)n2-c2cccnc2)cc1. The van der Waals surface area contributed by atoms with Crippen molar-refractivity contribution < 1.29 is 9.59 Å². The summed E-state index contributed by atoms with van der Waals surface area (Å²) in [5.41, 5.74) is 2.84. The number of carbonyl (C=O) groups is 2. The molecule has 2 aromatic heterocycles. The fraction of sp³-hybridized carbons (Fsp3) is 0.423. The van der Waals surface area contributed by atoms with Gasteiger partial charge in [0, 0.05) is 24.8 Å². The first-order chi connectivity index (χ1) is 17.0. The number of anilines is 1. The molecule has 1 saturated heterocycles. The molecule has 3 aromatic rings. The summed E-state index contributed by atoms with van der Waals surface area (Å²) in [6.45, 7) is 5.47. The van der Waals surface area contributed by atoms with Crippen molar-refractivity contribution in [3.05, 3.63) is 60.2 Å². The number of likely N-dealkylation sites (tertiary alicyclic amines) is 1. The van der Waals surface area contributed by atoms with Crippen LogP contribution in [0.1, 0.15) is 63.3 Å². The Hall–Kier alpha value is -3.20. The van der Waals surface area contributed by atoms with E-state index in [2.05, 4.69) is 46.5 Å². The number of rotatable bonds is 9. The van der Waals surface area contributed by atoms with Crippen LogP contribution in [0, 0.1) is 0 Å². The Labute approximate surface area is 210 Å². The predicted molar refractivity (Wildman–Crippen MR) is 138 cm³/mol. The van der Waals surface area contributed by atoms with E-state index in [0.717, 1.165) is 43.6 Å². The van der Waals surface area contributed by atoms with Gasteiger partial charge in [-0.3, -0.25) is 19.1 Å². The van der Waals surface area contributed by atoms with Crippen molar-refractivity contribution in [2.45, 2.75) is 63.6 Å². The van der Waals surface area contributed by atoms with Crippen LogP contribution in [-0.4, -0.2) is 48.8 Å². The van der Waals surface area contributed by atoms with Crippen LogP contribution in [0.15, 0.2) is 53.9 Å². The maximum atomic E-state index is 12.7. The van der Waals surface area contributed by atoms with Crippen molar-refractivity contribution in [1.82, 2.24) is 24.6 Å². The van der Waals surface area contributed by atoms with Crippen molar-refractivity contribution in [3.63, 3.8) is 0 Å². The van der Waals surface area contributed by atoms with Crippen molar-refractivity contribution in [2.24, 2.45) is 0 Å². The molecule has 0 aliphatic carbocycles. The molecule has 0 saturated carbocycles. The topological polar surface area (TPSA) is 93.0 Å². The number of hydrogen-bond donors (Lipinski definition) is 1. The highest BCUT2D eigenvalue weighted by atomic mass is 32.2. The van der Waals surface area contributed by atoms with Crippen molar-refractivity contribution in [2.75, 3.05) is 17.6 Å². The van der Waals surface area contributed by atoms with Gasteiger partial charge in [-0.25, -0.2) is 0 Å². The van der Waals surface area contributed by atoms with Crippen LogP contribution in [0.3, 0.4) is 0 Å². The Morgan fingerprint density at radius 3 is 2.71 bits per heavy atom. The van der Waals surface area contributed by atoms with Gasteiger partial charge in [0.05, 0.1) is 24.2 Å². The van der Waals surface area contributed by atoms with E-state index in [9.17, 15) is 9.59 Å². The van der Waals surface area contributed by atoms with Crippen LogP contribution in [0.5, 0.6) is 0 Å². The standard InChI is InChI=1S/C26H32N6O2S/c1-3-19(2)20-10-12-21(13-11-20)28-24(33)18-35-26-30-29-23(32(26)22-8-7-14-27-16-22)17-31-15-6-4-5-9-25(31)34/h7-8,10-14,16,19H,3-6,9,15,17-18H2,1-2H3,(H,28,33)/t19-/m1/s1. The third-order valence-corrected chi connectivity index (χ3v) is 7.25. The lowest BCUT2D eigenvalue weighted by Gasteiger charge is -2.20. The Bertz CT molecular complexity index is 1130. The fourth-order valence-electron chi connectivity index (χ4n) is 4.08. The van der Waals surface area contributed by atoms with Gasteiger partial charge in [-0.2, -0.15) is 0 Å². The average Bonchev–Trinajstić information content (AvgIpc) is 3.17. The summed E-state index contributed by atoms with van der Waals surface area (Å²) in [4.78, 5) is 31.3. The number of amides is 2. The minimum absolute atomic E-state index is 0.115. The Kier molecular flexibility index (Phi) is 8.52. The molecule has 0 radical (unpaired) electrons. The lowest BCUT2D eigenvalue weighted by molar-refractivity contribution is -0.131. The van der Waals surface area contributed by atoms with E-state index in [0.29, 0.717) is 29.9 Å². The molecule has 1 atom stereocenters. The molecule has 0 unspecified atom stereocenters. The van der Waals surface area contributed by atoms with Crippen LogP contribution in [0.2, 0.25) is 0 Å². The second-order valence-electron chi connectivity index (χ2n) is 8.84. The van der Waals surface area contributed by atoms with E-state index < -0.39 is 0 Å². The Morgan fingerprint density at radius 2 is 1.97 bits per heavy atom. The Balaban J connectivity index is 1.46. The zero-order valence-corrected chi connectivity index (χ0v) is 21.1. The molecule has 184 valence electrons. The maximum absolute atomic E-state index is 12.7. The molecule has 0 spiro atoms. The molecule has 0 bridgehead atoms. The highest BCUT2D eigenvalue weighted by Crippen LogP contribution is 2.24. The fourth-order valence-corrected chi connectivity index (χ4v) is 4.85. The summed E-state index contributed by atoms with van der Waals surface area (Å²) in [6.07, 6.45) is 8.08. The lowest BCUT2D eigenvalue weighted by atomic mass is 9.99. The van der Waals surface area contributed by atoms with Crippen molar-refractivity contribution in [1.29, 1.82) is 0 Å². The number of nitrogens with one attached hydrogen (secondary N) is 1. The van der Waals surface area contributed by atoms with E-state index >= 15 is 0 Å². The van der Waals surface area contributed by atoms with Gasteiger partial charge in [-0.15, -0.1) is 10.2 Å². The number of thioether (sulfide) groups is 1. The van der Waals surface area contributed by atoms with Gasteiger partial charge < -0.3 is 10.2 Å². The number of nitrogens with zero attached hydrogens (tertiary/aromatic N) is 5.